The third-order valence-electron chi connectivity index (χ3n) is 3.90. The van der Waals surface area contributed by atoms with Crippen molar-refractivity contribution in [1.82, 2.24) is 10.3 Å². The molecule has 3 N–H and O–H groups in total. The predicted molar refractivity (Wildman–Crippen MR) is 73.6 cm³/mol. The van der Waals surface area contributed by atoms with Gasteiger partial charge in [0.2, 0.25) is 0 Å². The highest BCUT2D eigenvalue weighted by molar-refractivity contribution is 5.27. The number of likely N-dealkylation sites (N-methyl/N-ethyl adjacent to an activating group) is 1. The Morgan fingerprint density at radius 2 is 2.06 bits per heavy atom. The molecule has 0 saturated heterocycles. The maximum atomic E-state index is 5.78. The quantitative estimate of drug-likeness (QED) is 0.607. The van der Waals surface area contributed by atoms with Gasteiger partial charge in [-0.25, -0.2) is 0 Å². The molecule has 1 aromatic rings. The molecule has 0 aliphatic heterocycles. The summed E-state index contributed by atoms with van der Waals surface area (Å²) in [6, 6.07) is 8.65. The number of aryl methyl sites for hydroxylation is 1. The van der Waals surface area contributed by atoms with Gasteiger partial charge >= 0.3 is 0 Å². The van der Waals surface area contributed by atoms with Gasteiger partial charge in [-0.2, -0.15) is 0 Å². The van der Waals surface area contributed by atoms with Crippen molar-refractivity contribution in [2.24, 2.45) is 5.84 Å². The number of benzene rings is 1. The fourth-order valence-electron chi connectivity index (χ4n) is 2.26. The van der Waals surface area contributed by atoms with E-state index >= 15 is 0 Å². The summed E-state index contributed by atoms with van der Waals surface area (Å²) in [6.07, 6.45) is 1.03. The Hall–Kier alpha value is -0.900. The average molecular weight is 235 g/mol. The summed E-state index contributed by atoms with van der Waals surface area (Å²) < 4.78 is 0. The number of nitrogens with two attached hydrogens (primary N) is 1. The van der Waals surface area contributed by atoms with Crippen LogP contribution in [0.25, 0.3) is 0 Å². The number of nitrogens with zero attached hydrogens (tertiary/aromatic N) is 1. The van der Waals surface area contributed by atoms with Crippen molar-refractivity contribution >= 4 is 0 Å². The van der Waals surface area contributed by atoms with Gasteiger partial charge in [-0.1, -0.05) is 36.8 Å². The summed E-state index contributed by atoms with van der Waals surface area (Å²) in [5, 5.41) is 0. The summed E-state index contributed by atoms with van der Waals surface area (Å²) >= 11 is 0. The molecule has 0 spiro atoms. The number of hydrogen-bond donors (Lipinski definition) is 2. The van der Waals surface area contributed by atoms with Gasteiger partial charge in [0.1, 0.15) is 0 Å². The lowest BCUT2D eigenvalue weighted by Crippen LogP contribution is -2.53. The first-order valence-corrected chi connectivity index (χ1v) is 6.15. The lowest BCUT2D eigenvalue weighted by atomic mass is 9.83. The van der Waals surface area contributed by atoms with E-state index in [0.717, 1.165) is 6.42 Å². The molecule has 0 bridgehead atoms. The van der Waals surface area contributed by atoms with Crippen LogP contribution in [-0.4, -0.2) is 24.5 Å². The van der Waals surface area contributed by atoms with Crippen LogP contribution in [0.15, 0.2) is 24.3 Å². The van der Waals surface area contributed by atoms with Crippen LogP contribution >= 0.6 is 0 Å². The van der Waals surface area contributed by atoms with Crippen LogP contribution in [0.1, 0.15) is 37.4 Å². The molecule has 2 unspecified atom stereocenters. The molecule has 17 heavy (non-hydrogen) atoms. The summed E-state index contributed by atoms with van der Waals surface area (Å²) in [4.78, 5) is 2.24. The standard InChI is InChI=1S/C14H25N3/c1-6-14(3,17(4)5)13(16-15)12-9-7-8-11(2)10-12/h7-10,13,16H,6,15H2,1-5H3. The van der Waals surface area contributed by atoms with Crippen molar-refractivity contribution in [2.75, 3.05) is 14.1 Å². The minimum absolute atomic E-state index is 0.00252. The van der Waals surface area contributed by atoms with Gasteiger partial charge in [0.25, 0.3) is 0 Å². The Balaban J connectivity index is 3.14. The van der Waals surface area contributed by atoms with E-state index in [-0.39, 0.29) is 11.6 Å². The van der Waals surface area contributed by atoms with Gasteiger partial charge in [-0.15, -0.1) is 0 Å². The van der Waals surface area contributed by atoms with Crippen LogP contribution in [-0.2, 0) is 0 Å². The smallest absolute Gasteiger partial charge is 0.0641 e. The zero-order chi connectivity index (χ0) is 13.1. The van der Waals surface area contributed by atoms with Crippen LogP contribution in [0.3, 0.4) is 0 Å². The second-order valence-electron chi connectivity index (χ2n) is 5.12. The van der Waals surface area contributed by atoms with Crippen molar-refractivity contribution < 1.29 is 0 Å². The Morgan fingerprint density at radius 3 is 2.47 bits per heavy atom. The van der Waals surface area contributed by atoms with E-state index in [9.17, 15) is 0 Å². The zero-order valence-electron chi connectivity index (χ0n) is 11.6. The minimum Gasteiger partial charge on any atom is -0.302 e. The molecule has 0 fully saturated rings. The third-order valence-corrected chi connectivity index (χ3v) is 3.90. The summed E-state index contributed by atoms with van der Waals surface area (Å²) in [6.45, 7) is 6.54. The zero-order valence-corrected chi connectivity index (χ0v) is 11.6. The lowest BCUT2D eigenvalue weighted by molar-refractivity contribution is 0.113. The molecule has 0 saturated carbocycles. The number of hydrogen-bond acceptors (Lipinski definition) is 3. The fraction of sp³-hybridized carbons (Fsp3) is 0.571. The maximum absolute atomic E-state index is 5.78. The first-order valence-electron chi connectivity index (χ1n) is 6.15. The molecule has 0 radical (unpaired) electrons. The molecule has 0 aliphatic carbocycles. The number of rotatable bonds is 5. The Labute approximate surface area is 105 Å². The topological polar surface area (TPSA) is 41.3 Å². The van der Waals surface area contributed by atoms with Crippen molar-refractivity contribution in [3.8, 4) is 0 Å². The summed E-state index contributed by atoms with van der Waals surface area (Å²) in [5.41, 5.74) is 5.48. The van der Waals surface area contributed by atoms with Crippen molar-refractivity contribution in [3.63, 3.8) is 0 Å². The summed E-state index contributed by atoms with van der Waals surface area (Å²) in [7, 11) is 4.20. The van der Waals surface area contributed by atoms with E-state index in [1.54, 1.807) is 0 Å². The van der Waals surface area contributed by atoms with E-state index in [0.29, 0.717) is 0 Å². The molecule has 0 aliphatic rings. The second kappa shape index (κ2) is 5.63. The molecule has 0 amide bonds. The van der Waals surface area contributed by atoms with Crippen LogP contribution in [0.4, 0.5) is 0 Å². The highest BCUT2D eigenvalue weighted by Gasteiger charge is 2.35. The van der Waals surface area contributed by atoms with Crippen LogP contribution in [0, 0.1) is 6.92 Å². The first kappa shape index (κ1) is 14.2. The van der Waals surface area contributed by atoms with Gasteiger partial charge in [0.05, 0.1) is 6.04 Å². The van der Waals surface area contributed by atoms with E-state index < -0.39 is 0 Å². The van der Waals surface area contributed by atoms with Gasteiger partial charge < -0.3 is 4.90 Å². The van der Waals surface area contributed by atoms with E-state index in [1.807, 2.05) is 0 Å². The molecular weight excluding hydrogens is 210 g/mol. The Morgan fingerprint density at radius 1 is 1.41 bits per heavy atom. The van der Waals surface area contributed by atoms with Crippen LogP contribution in [0.2, 0.25) is 0 Å². The number of hydrazine groups is 1. The molecule has 1 rings (SSSR count). The normalized spacial score (nSPS) is 16.9. The molecule has 0 aromatic heterocycles. The lowest BCUT2D eigenvalue weighted by Gasteiger charge is -2.42. The SMILES string of the molecule is CCC(C)(C(NN)c1cccc(C)c1)N(C)C. The highest BCUT2D eigenvalue weighted by Crippen LogP contribution is 2.32. The Kier molecular flexibility index (Phi) is 4.69. The van der Waals surface area contributed by atoms with E-state index in [2.05, 4.69) is 69.5 Å². The van der Waals surface area contributed by atoms with Gasteiger partial charge in [-0.3, -0.25) is 11.3 Å². The van der Waals surface area contributed by atoms with E-state index in [1.165, 1.54) is 11.1 Å². The van der Waals surface area contributed by atoms with Gasteiger partial charge in [0, 0.05) is 5.54 Å². The van der Waals surface area contributed by atoms with Crippen molar-refractivity contribution in [1.29, 1.82) is 0 Å². The van der Waals surface area contributed by atoms with Crippen molar-refractivity contribution in [2.45, 2.75) is 38.8 Å². The molecular formula is C14H25N3. The highest BCUT2D eigenvalue weighted by atomic mass is 15.3. The molecule has 2 atom stereocenters. The second-order valence-corrected chi connectivity index (χ2v) is 5.12. The van der Waals surface area contributed by atoms with Crippen LogP contribution in [0.5, 0.6) is 0 Å². The minimum atomic E-state index is 0.00252. The molecule has 1 aromatic carbocycles. The monoisotopic (exact) mass is 235 g/mol. The Bertz CT molecular complexity index is 362. The first-order chi connectivity index (χ1) is 7.95. The number of nitrogens with one attached hydrogen (secondary N) is 1. The maximum Gasteiger partial charge on any atom is 0.0641 e. The molecule has 0 heterocycles. The predicted octanol–water partition coefficient (Wildman–Crippen LogP) is 2.23. The average Bonchev–Trinajstić information content (AvgIpc) is 2.29. The molecule has 96 valence electrons. The third kappa shape index (κ3) is 2.86. The van der Waals surface area contributed by atoms with Gasteiger partial charge in [-0.05, 0) is 39.9 Å². The molecule has 3 heteroatoms. The molecule has 3 nitrogen and oxygen atoms in total. The van der Waals surface area contributed by atoms with Gasteiger partial charge in [0.15, 0.2) is 0 Å². The van der Waals surface area contributed by atoms with Crippen LogP contribution < -0.4 is 11.3 Å². The fourth-order valence-corrected chi connectivity index (χ4v) is 2.26. The van der Waals surface area contributed by atoms with E-state index in [4.69, 9.17) is 5.84 Å². The summed E-state index contributed by atoms with van der Waals surface area (Å²) in [5.74, 6) is 5.78. The largest absolute Gasteiger partial charge is 0.302 e. The van der Waals surface area contributed by atoms with Crippen molar-refractivity contribution in [3.05, 3.63) is 35.4 Å².